The van der Waals surface area contributed by atoms with Gasteiger partial charge in [-0.25, -0.2) is 14.0 Å². The van der Waals surface area contributed by atoms with Crippen LogP contribution in [0.3, 0.4) is 0 Å². The van der Waals surface area contributed by atoms with E-state index < -0.39 is 35.0 Å². The van der Waals surface area contributed by atoms with Crippen LogP contribution < -0.4 is 5.32 Å². The molecule has 1 atom stereocenters. The molecular weight excluding hydrogens is 305 g/mol. The standard InChI is InChI=1S/C16H22FNO5/c1-15(2,3)23-14(22)18-9-6-7-10(11(17)8-9)16(4,5)12(19)13(20)21/h6-8,12,19H,1-5H3,(H,18,22)(H,20,21). The van der Waals surface area contributed by atoms with Gasteiger partial charge in [-0.3, -0.25) is 5.32 Å². The molecule has 0 aliphatic heterocycles. The molecule has 0 aliphatic carbocycles. The molecule has 7 heteroatoms. The number of amides is 1. The van der Waals surface area contributed by atoms with E-state index in [1.807, 2.05) is 0 Å². The lowest BCUT2D eigenvalue weighted by Crippen LogP contribution is -2.40. The van der Waals surface area contributed by atoms with Gasteiger partial charge in [-0.2, -0.15) is 0 Å². The molecule has 0 aromatic heterocycles. The number of carboxylic acids is 1. The lowest BCUT2D eigenvalue weighted by Gasteiger charge is -2.28. The Morgan fingerprint density at radius 2 is 1.78 bits per heavy atom. The van der Waals surface area contributed by atoms with E-state index in [4.69, 9.17) is 9.84 Å². The maximum absolute atomic E-state index is 14.3. The van der Waals surface area contributed by atoms with E-state index in [9.17, 15) is 19.1 Å². The van der Waals surface area contributed by atoms with E-state index in [2.05, 4.69) is 5.32 Å². The average Bonchev–Trinajstić information content (AvgIpc) is 2.34. The van der Waals surface area contributed by atoms with Crippen LogP contribution in [0.2, 0.25) is 0 Å². The number of hydrogen-bond donors (Lipinski definition) is 3. The molecule has 1 rings (SSSR count). The molecule has 0 aliphatic rings. The van der Waals surface area contributed by atoms with Crippen molar-refractivity contribution in [2.75, 3.05) is 5.32 Å². The van der Waals surface area contributed by atoms with Crippen LogP contribution in [0.1, 0.15) is 40.2 Å². The van der Waals surface area contributed by atoms with Gasteiger partial charge in [0, 0.05) is 11.1 Å². The first kappa shape index (κ1) is 18.9. The SMILES string of the molecule is CC(C)(C)OC(=O)Nc1ccc(C(C)(C)C(O)C(=O)O)c(F)c1. The zero-order valence-electron chi connectivity index (χ0n) is 13.8. The molecule has 128 valence electrons. The maximum Gasteiger partial charge on any atom is 0.412 e. The Kier molecular flexibility index (Phi) is 5.37. The zero-order valence-corrected chi connectivity index (χ0v) is 13.8. The first-order chi connectivity index (χ1) is 10.3. The molecule has 6 nitrogen and oxygen atoms in total. The third-order valence-electron chi connectivity index (χ3n) is 3.23. The van der Waals surface area contributed by atoms with Crippen molar-refractivity contribution < 1.29 is 28.9 Å². The van der Waals surface area contributed by atoms with Crippen LogP contribution in [0.15, 0.2) is 18.2 Å². The number of aliphatic hydroxyl groups is 1. The van der Waals surface area contributed by atoms with Crippen LogP contribution in [0.25, 0.3) is 0 Å². The second-order valence-electron chi connectivity index (χ2n) is 6.78. The van der Waals surface area contributed by atoms with Crippen molar-refractivity contribution in [3.05, 3.63) is 29.6 Å². The van der Waals surface area contributed by atoms with Gasteiger partial charge < -0.3 is 14.9 Å². The van der Waals surface area contributed by atoms with Crippen molar-refractivity contribution in [3.63, 3.8) is 0 Å². The van der Waals surface area contributed by atoms with Gasteiger partial charge in [-0.15, -0.1) is 0 Å². The minimum absolute atomic E-state index is 0.0298. The predicted octanol–water partition coefficient (Wildman–Crippen LogP) is 2.90. The molecule has 0 bridgehead atoms. The summed E-state index contributed by atoms with van der Waals surface area (Å²) < 4.78 is 19.3. The highest BCUT2D eigenvalue weighted by Gasteiger charge is 2.37. The number of benzene rings is 1. The van der Waals surface area contributed by atoms with Crippen molar-refractivity contribution in [2.45, 2.75) is 51.7 Å². The minimum atomic E-state index is -1.76. The topological polar surface area (TPSA) is 95.9 Å². The number of halogens is 1. The molecule has 0 fully saturated rings. The molecule has 1 aromatic carbocycles. The van der Waals surface area contributed by atoms with E-state index >= 15 is 0 Å². The van der Waals surface area contributed by atoms with Gasteiger partial charge in [0.05, 0.1) is 0 Å². The Bertz CT molecular complexity index is 607. The van der Waals surface area contributed by atoms with E-state index in [0.29, 0.717) is 0 Å². The van der Waals surface area contributed by atoms with Crippen LogP contribution in [-0.4, -0.2) is 34.0 Å². The number of aliphatic hydroxyl groups excluding tert-OH is 1. The number of carboxylic acid groups (broad SMARTS) is 1. The van der Waals surface area contributed by atoms with E-state index in [1.54, 1.807) is 20.8 Å². The van der Waals surface area contributed by atoms with Crippen LogP contribution >= 0.6 is 0 Å². The summed E-state index contributed by atoms with van der Waals surface area (Å²) in [4.78, 5) is 22.6. The van der Waals surface area contributed by atoms with Crippen molar-refractivity contribution in [1.29, 1.82) is 0 Å². The smallest absolute Gasteiger partial charge is 0.412 e. The molecule has 1 amide bonds. The van der Waals surface area contributed by atoms with Crippen molar-refractivity contribution in [1.82, 2.24) is 0 Å². The fourth-order valence-corrected chi connectivity index (χ4v) is 1.99. The molecule has 3 N–H and O–H groups in total. The van der Waals surface area contributed by atoms with Crippen LogP contribution in [-0.2, 0) is 14.9 Å². The first-order valence-electron chi connectivity index (χ1n) is 7.05. The molecule has 0 saturated carbocycles. The maximum atomic E-state index is 14.3. The number of nitrogens with one attached hydrogen (secondary N) is 1. The largest absolute Gasteiger partial charge is 0.479 e. The second kappa shape index (κ2) is 6.54. The predicted molar refractivity (Wildman–Crippen MR) is 82.9 cm³/mol. The fourth-order valence-electron chi connectivity index (χ4n) is 1.99. The number of carbonyl (C=O) groups excluding carboxylic acids is 1. The minimum Gasteiger partial charge on any atom is -0.479 e. The third-order valence-corrected chi connectivity index (χ3v) is 3.23. The van der Waals surface area contributed by atoms with Gasteiger partial charge in [0.25, 0.3) is 0 Å². The lowest BCUT2D eigenvalue weighted by molar-refractivity contribution is -0.150. The summed E-state index contributed by atoms with van der Waals surface area (Å²) >= 11 is 0. The highest BCUT2D eigenvalue weighted by molar-refractivity contribution is 5.85. The summed E-state index contributed by atoms with van der Waals surface area (Å²) in [5.74, 6) is -2.17. The van der Waals surface area contributed by atoms with Gasteiger partial charge in [0.1, 0.15) is 11.4 Å². The number of rotatable bonds is 4. The van der Waals surface area contributed by atoms with Crippen LogP contribution in [0, 0.1) is 5.82 Å². The number of ether oxygens (including phenoxy) is 1. The molecule has 0 radical (unpaired) electrons. The van der Waals surface area contributed by atoms with Gasteiger partial charge >= 0.3 is 12.1 Å². The van der Waals surface area contributed by atoms with Crippen LogP contribution in [0.5, 0.6) is 0 Å². The normalized spacial score (nSPS) is 13.3. The number of aliphatic carboxylic acids is 1. The Hall–Kier alpha value is -2.15. The summed E-state index contributed by atoms with van der Waals surface area (Å²) in [6, 6.07) is 3.79. The van der Waals surface area contributed by atoms with E-state index in [-0.39, 0.29) is 11.3 Å². The van der Waals surface area contributed by atoms with Crippen molar-refractivity contribution in [2.24, 2.45) is 0 Å². The molecule has 23 heavy (non-hydrogen) atoms. The summed E-state index contributed by atoms with van der Waals surface area (Å²) in [7, 11) is 0. The fraction of sp³-hybridized carbons (Fsp3) is 0.500. The molecule has 1 unspecified atom stereocenters. The van der Waals surface area contributed by atoms with Crippen molar-refractivity contribution in [3.8, 4) is 0 Å². The molecular formula is C16H22FNO5. The summed E-state index contributed by atoms with van der Waals surface area (Å²) in [5.41, 5.74) is -1.82. The Balaban J connectivity index is 2.99. The average molecular weight is 327 g/mol. The Morgan fingerprint density at radius 3 is 2.22 bits per heavy atom. The van der Waals surface area contributed by atoms with Gasteiger partial charge in [0.15, 0.2) is 6.10 Å². The van der Waals surface area contributed by atoms with Crippen molar-refractivity contribution >= 4 is 17.7 Å². The summed E-state index contributed by atoms with van der Waals surface area (Å²) in [5, 5.41) is 21.0. The van der Waals surface area contributed by atoms with Gasteiger partial charge in [-0.1, -0.05) is 19.9 Å². The second-order valence-corrected chi connectivity index (χ2v) is 6.78. The first-order valence-corrected chi connectivity index (χ1v) is 7.05. The Labute approximate surface area is 134 Å². The van der Waals surface area contributed by atoms with E-state index in [0.717, 1.165) is 6.07 Å². The third kappa shape index (κ3) is 4.92. The highest BCUT2D eigenvalue weighted by Crippen LogP contribution is 2.31. The number of carbonyl (C=O) groups is 2. The molecule has 0 saturated heterocycles. The molecule has 0 spiro atoms. The monoisotopic (exact) mass is 327 g/mol. The lowest BCUT2D eigenvalue weighted by atomic mass is 9.79. The summed E-state index contributed by atoms with van der Waals surface area (Å²) in [6.45, 7) is 7.94. The number of hydrogen-bond acceptors (Lipinski definition) is 4. The quantitative estimate of drug-likeness (QED) is 0.790. The molecule has 1 aromatic rings. The van der Waals surface area contributed by atoms with E-state index in [1.165, 1.54) is 26.0 Å². The van der Waals surface area contributed by atoms with Gasteiger partial charge in [-0.05, 0) is 38.5 Å². The number of anilines is 1. The highest BCUT2D eigenvalue weighted by atomic mass is 19.1. The zero-order chi connectivity index (χ0) is 18.0. The Morgan fingerprint density at radius 1 is 1.22 bits per heavy atom. The van der Waals surface area contributed by atoms with Crippen LogP contribution in [0.4, 0.5) is 14.9 Å². The van der Waals surface area contributed by atoms with Gasteiger partial charge in [0.2, 0.25) is 0 Å². The summed E-state index contributed by atoms with van der Waals surface area (Å²) in [6.07, 6.45) is -2.49. The molecule has 0 heterocycles.